The fraction of sp³-hybridized carbons (Fsp3) is 0.222. The van der Waals surface area contributed by atoms with Crippen molar-refractivity contribution in [1.82, 2.24) is 4.98 Å². The smallest absolute Gasteiger partial charge is 0.124 e. The van der Waals surface area contributed by atoms with Gasteiger partial charge < -0.3 is 5.73 Å². The van der Waals surface area contributed by atoms with Crippen LogP contribution in [0.15, 0.2) is 18.2 Å². The van der Waals surface area contributed by atoms with Crippen molar-refractivity contribution in [3.63, 3.8) is 0 Å². The van der Waals surface area contributed by atoms with E-state index in [2.05, 4.69) is 4.98 Å². The van der Waals surface area contributed by atoms with Crippen molar-refractivity contribution in [3.8, 4) is 0 Å². The highest BCUT2D eigenvalue weighted by molar-refractivity contribution is 7.18. The van der Waals surface area contributed by atoms with Gasteiger partial charge in [-0.25, -0.2) is 9.37 Å². The Hall–Kier alpha value is -1.000. The average molecular weight is 196 g/mol. The Bertz CT molecular complexity index is 436. The Morgan fingerprint density at radius 3 is 3.00 bits per heavy atom. The lowest BCUT2D eigenvalue weighted by Crippen LogP contribution is -2.03. The van der Waals surface area contributed by atoms with Crippen molar-refractivity contribution in [2.45, 2.75) is 13.0 Å². The van der Waals surface area contributed by atoms with Gasteiger partial charge in [-0.15, -0.1) is 11.3 Å². The number of hydrogen-bond donors (Lipinski definition) is 1. The monoisotopic (exact) mass is 196 g/mol. The molecule has 0 saturated heterocycles. The van der Waals surface area contributed by atoms with Crippen LogP contribution >= 0.6 is 11.3 Å². The molecule has 0 spiro atoms. The molecule has 0 bridgehead atoms. The van der Waals surface area contributed by atoms with Gasteiger partial charge in [0.1, 0.15) is 10.8 Å². The third-order valence-corrected chi connectivity index (χ3v) is 2.98. The molecule has 1 aromatic heterocycles. The highest BCUT2D eigenvalue weighted by Crippen LogP contribution is 2.25. The number of thiazole rings is 1. The van der Waals surface area contributed by atoms with Gasteiger partial charge in [0.2, 0.25) is 0 Å². The van der Waals surface area contributed by atoms with Crippen LogP contribution in [0.1, 0.15) is 18.0 Å². The van der Waals surface area contributed by atoms with Gasteiger partial charge in [-0.1, -0.05) is 0 Å². The minimum Gasteiger partial charge on any atom is -0.322 e. The fourth-order valence-electron chi connectivity index (χ4n) is 1.11. The van der Waals surface area contributed by atoms with Crippen LogP contribution in [0.2, 0.25) is 0 Å². The first-order chi connectivity index (χ1) is 6.16. The number of fused-ring (bicyclic) bond motifs is 1. The molecule has 13 heavy (non-hydrogen) atoms. The normalized spacial score (nSPS) is 13.5. The summed E-state index contributed by atoms with van der Waals surface area (Å²) in [6.45, 7) is 1.87. The van der Waals surface area contributed by atoms with Crippen LogP contribution in [-0.2, 0) is 0 Å². The van der Waals surface area contributed by atoms with Gasteiger partial charge in [0.25, 0.3) is 0 Å². The van der Waals surface area contributed by atoms with Crippen molar-refractivity contribution in [2.75, 3.05) is 0 Å². The van der Waals surface area contributed by atoms with Crippen molar-refractivity contribution in [1.29, 1.82) is 0 Å². The lowest BCUT2D eigenvalue weighted by molar-refractivity contribution is 0.630. The topological polar surface area (TPSA) is 38.9 Å². The number of hydrogen-bond acceptors (Lipinski definition) is 3. The van der Waals surface area contributed by atoms with E-state index in [1.54, 1.807) is 6.07 Å². The number of nitrogens with zero attached hydrogens (tertiary/aromatic N) is 1. The van der Waals surface area contributed by atoms with E-state index in [-0.39, 0.29) is 11.9 Å². The second kappa shape index (κ2) is 3.05. The summed E-state index contributed by atoms with van der Waals surface area (Å²) in [5.41, 5.74) is 6.49. The van der Waals surface area contributed by atoms with E-state index in [0.29, 0.717) is 0 Å². The van der Waals surface area contributed by atoms with Gasteiger partial charge in [-0.05, 0) is 25.1 Å². The average Bonchev–Trinajstić information content (AvgIpc) is 2.46. The lowest BCUT2D eigenvalue weighted by Gasteiger charge is -1.95. The summed E-state index contributed by atoms with van der Waals surface area (Å²) in [6.07, 6.45) is 0. The quantitative estimate of drug-likeness (QED) is 0.760. The molecular weight excluding hydrogens is 187 g/mol. The first kappa shape index (κ1) is 8.59. The molecule has 0 fully saturated rings. The molecule has 1 aromatic carbocycles. The van der Waals surface area contributed by atoms with Gasteiger partial charge in [-0.3, -0.25) is 0 Å². The second-order valence-electron chi connectivity index (χ2n) is 2.95. The molecule has 0 amide bonds. The van der Waals surface area contributed by atoms with Crippen molar-refractivity contribution in [2.24, 2.45) is 5.73 Å². The highest BCUT2D eigenvalue weighted by atomic mass is 32.1. The minimum absolute atomic E-state index is 0.0829. The second-order valence-corrected chi connectivity index (χ2v) is 4.02. The number of halogens is 1. The first-order valence-electron chi connectivity index (χ1n) is 3.98. The molecule has 0 unspecified atom stereocenters. The molecule has 1 heterocycles. The lowest BCUT2D eigenvalue weighted by atomic mass is 10.3. The number of aromatic nitrogens is 1. The van der Waals surface area contributed by atoms with Gasteiger partial charge in [-0.2, -0.15) is 0 Å². The van der Waals surface area contributed by atoms with Gasteiger partial charge in [0.15, 0.2) is 0 Å². The maximum Gasteiger partial charge on any atom is 0.124 e. The summed E-state index contributed by atoms with van der Waals surface area (Å²) >= 11 is 1.44. The maximum absolute atomic E-state index is 12.8. The molecular formula is C9H9FN2S. The number of rotatable bonds is 1. The standard InChI is InChI=1S/C9H9FN2S/c1-5(11)9-12-7-3-2-6(10)4-8(7)13-9/h2-5H,11H2,1H3/t5-/m1/s1. The third kappa shape index (κ3) is 1.55. The molecule has 0 saturated carbocycles. The van der Waals surface area contributed by atoms with Gasteiger partial charge in [0.05, 0.1) is 16.3 Å². The van der Waals surface area contributed by atoms with Crippen LogP contribution in [0.3, 0.4) is 0 Å². The first-order valence-corrected chi connectivity index (χ1v) is 4.80. The molecule has 0 aliphatic heterocycles. The molecule has 2 N–H and O–H groups in total. The van der Waals surface area contributed by atoms with Gasteiger partial charge >= 0.3 is 0 Å². The van der Waals surface area contributed by atoms with Crippen LogP contribution in [0, 0.1) is 5.82 Å². The fourth-order valence-corrected chi connectivity index (χ4v) is 2.06. The van der Waals surface area contributed by atoms with Crippen LogP contribution in [0.25, 0.3) is 10.2 Å². The predicted octanol–water partition coefficient (Wildman–Crippen LogP) is 2.46. The highest BCUT2D eigenvalue weighted by Gasteiger charge is 2.07. The SMILES string of the molecule is C[C@@H](N)c1nc2ccc(F)cc2s1. The van der Waals surface area contributed by atoms with Crippen molar-refractivity contribution < 1.29 is 4.39 Å². The zero-order chi connectivity index (χ0) is 9.42. The van der Waals surface area contributed by atoms with Crippen LogP contribution in [-0.4, -0.2) is 4.98 Å². The molecule has 4 heteroatoms. The Balaban J connectivity index is 2.62. The van der Waals surface area contributed by atoms with Crippen LogP contribution in [0.4, 0.5) is 4.39 Å². The molecule has 0 radical (unpaired) electrons. The zero-order valence-corrected chi connectivity index (χ0v) is 7.94. The minimum atomic E-state index is -0.229. The van der Waals surface area contributed by atoms with E-state index in [4.69, 9.17) is 5.73 Å². The number of benzene rings is 1. The predicted molar refractivity (Wildman–Crippen MR) is 52.2 cm³/mol. The molecule has 0 aliphatic carbocycles. The van der Waals surface area contributed by atoms with Crippen LogP contribution < -0.4 is 5.73 Å². The zero-order valence-electron chi connectivity index (χ0n) is 7.12. The van der Waals surface area contributed by atoms with E-state index in [0.717, 1.165) is 15.2 Å². The molecule has 2 rings (SSSR count). The molecule has 68 valence electrons. The number of nitrogens with two attached hydrogens (primary N) is 1. The summed E-state index contributed by atoms with van der Waals surface area (Å²) < 4.78 is 13.6. The summed E-state index contributed by atoms with van der Waals surface area (Å²) in [5, 5.41) is 0.848. The summed E-state index contributed by atoms with van der Waals surface area (Å²) in [5.74, 6) is -0.229. The summed E-state index contributed by atoms with van der Waals surface area (Å²) in [7, 11) is 0. The van der Waals surface area contributed by atoms with E-state index in [1.165, 1.54) is 23.5 Å². The Morgan fingerprint density at radius 1 is 1.54 bits per heavy atom. The van der Waals surface area contributed by atoms with E-state index >= 15 is 0 Å². The molecule has 0 aliphatic rings. The third-order valence-electron chi connectivity index (χ3n) is 1.76. The van der Waals surface area contributed by atoms with Crippen LogP contribution in [0.5, 0.6) is 0 Å². The van der Waals surface area contributed by atoms with E-state index < -0.39 is 0 Å². The maximum atomic E-state index is 12.8. The molecule has 2 nitrogen and oxygen atoms in total. The van der Waals surface area contributed by atoms with Crippen molar-refractivity contribution in [3.05, 3.63) is 29.0 Å². The summed E-state index contributed by atoms with van der Waals surface area (Å²) in [4.78, 5) is 4.28. The molecule has 2 aromatic rings. The largest absolute Gasteiger partial charge is 0.322 e. The Morgan fingerprint density at radius 2 is 2.31 bits per heavy atom. The molecule has 1 atom stereocenters. The summed E-state index contributed by atoms with van der Waals surface area (Å²) in [6, 6.07) is 4.49. The Labute approximate surface area is 79.2 Å². The van der Waals surface area contributed by atoms with E-state index in [1.807, 2.05) is 6.92 Å². The Kier molecular flexibility index (Phi) is 2.01. The van der Waals surface area contributed by atoms with Gasteiger partial charge in [0, 0.05) is 0 Å². The van der Waals surface area contributed by atoms with E-state index in [9.17, 15) is 4.39 Å². The van der Waals surface area contributed by atoms with Crippen molar-refractivity contribution >= 4 is 21.6 Å².